The van der Waals surface area contributed by atoms with Crippen molar-refractivity contribution in [2.45, 2.75) is 6.42 Å². The standard InChI is InChI=1S/C15H11Cl3/c16-14-9-5-4-8-12(14)13(15(17)18)10-11-6-2-1-3-7-11/h1-9H,10H2. The van der Waals surface area contributed by atoms with Crippen LogP contribution in [0.15, 0.2) is 59.1 Å². The SMILES string of the molecule is ClC(Cl)=C(Cc1ccccc1)c1ccccc1Cl. The molecule has 0 atom stereocenters. The highest BCUT2D eigenvalue weighted by Crippen LogP contribution is 2.32. The van der Waals surface area contributed by atoms with E-state index in [4.69, 9.17) is 34.8 Å². The number of rotatable bonds is 3. The van der Waals surface area contributed by atoms with E-state index in [2.05, 4.69) is 0 Å². The summed E-state index contributed by atoms with van der Waals surface area (Å²) >= 11 is 18.2. The van der Waals surface area contributed by atoms with Gasteiger partial charge >= 0.3 is 0 Å². The molecular weight excluding hydrogens is 287 g/mol. The summed E-state index contributed by atoms with van der Waals surface area (Å²) in [5.74, 6) is 0. The minimum Gasteiger partial charge on any atom is -0.0837 e. The Balaban J connectivity index is 2.38. The van der Waals surface area contributed by atoms with Crippen LogP contribution in [0, 0.1) is 0 Å². The summed E-state index contributed by atoms with van der Waals surface area (Å²) in [6.45, 7) is 0. The van der Waals surface area contributed by atoms with Gasteiger partial charge in [-0.3, -0.25) is 0 Å². The molecule has 0 aromatic heterocycles. The van der Waals surface area contributed by atoms with Crippen molar-refractivity contribution in [3.63, 3.8) is 0 Å². The van der Waals surface area contributed by atoms with Crippen LogP contribution in [0.4, 0.5) is 0 Å². The maximum atomic E-state index is 6.18. The normalized spacial score (nSPS) is 10.2. The molecule has 92 valence electrons. The molecule has 0 nitrogen and oxygen atoms in total. The molecule has 0 unspecified atom stereocenters. The summed E-state index contributed by atoms with van der Waals surface area (Å²) in [5, 5.41) is 0.655. The Labute approximate surface area is 122 Å². The summed E-state index contributed by atoms with van der Waals surface area (Å²) in [4.78, 5) is 0. The van der Waals surface area contributed by atoms with Crippen molar-refractivity contribution in [3.8, 4) is 0 Å². The van der Waals surface area contributed by atoms with E-state index in [0.29, 0.717) is 11.4 Å². The highest BCUT2D eigenvalue weighted by atomic mass is 35.5. The lowest BCUT2D eigenvalue weighted by Crippen LogP contribution is -1.92. The minimum atomic E-state index is 0.256. The van der Waals surface area contributed by atoms with E-state index in [9.17, 15) is 0 Å². The van der Waals surface area contributed by atoms with Gasteiger partial charge in [0.15, 0.2) is 0 Å². The van der Waals surface area contributed by atoms with E-state index < -0.39 is 0 Å². The zero-order valence-corrected chi connectivity index (χ0v) is 11.8. The zero-order chi connectivity index (χ0) is 13.0. The minimum absolute atomic E-state index is 0.256. The van der Waals surface area contributed by atoms with Crippen LogP contribution in [0.2, 0.25) is 5.02 Å². The maximum Gasteiger partial charge on any atom is 0.111 e. The molecule has 0 aliphatic heterocycles. The molecule has 0 bridgehead atoms. The molecule has 0 heterocycles. The fourth-order valence-electron chi connectivity index (χ4n) is 1.77. The Bertz CT molecular complexity index is 555. The first-order valence-corrected chi connectivity index (χ1v) is 6.65. The third-order valence-electron chi connectivity index (χ3n) is 2.65. The largest absolute Gasteiger partial charge is 0.111 e. The molecule has 2 aromatic carbocycles. The second kappa shape index (κ2) is 6.29. The molecule has 18 heavy (non-hydrogen) atoms. The number of hydrogen-bond acceptors (Lipinski definition) is 0. The first-order chi connectivity index (χ1) is 8.68. The smallest absolute Gasteiger partial charge is 0.0837 e. The Hall–Kier alpha value is -0.950. The predicted molar refractivity (Wildman–Crippen MR) is 80.2 cm³/mol. The number of allylic oxidation sites excluding steroid dienone is 1. The van der Waals surface area contributed by atoms with Gasteiger partial charge in [-0.05, 0) is 22.8 Å². The van der Waals surface area contributed by atoms with Crippen LogP contribution in [0.25, 0.3) is 5.57 Å². The van der Waals surface area contributed by atoms with E-state index in [1.807, 2.05) is 54.6 Å². The fourth-order valence-corrected chi connectivity index (χ4v) is 2.36. The highest BCUT2D eigenvalue weighted by molar-refractivity contribution is 6.58. The zero-order valence-electron chi connectivity index (χ0n) is 9.54. The van der Waals surface area contributed by atoms with Crippen molar-refractivity contribution in [1.82, 2.24) is 0 Å². The summed E-state index contributed by atoms with van der Waals surface area (Å²) in [5.41, 5.74) is 2.87. The van der Waals surface area contributed by atoms with Gasteiger partial charge in [-0.25, -0.2) is 0 Å². The van der Waals surface area contributed by atoms with Crippen molar-refractivity contribution >= 4 is 40.4 Å². The van der Waals surface area contributed by atoms with Gasteiger partial charge in [0.05, 0.1) is 0 Å². The van der Waals surface area contributed by atoms with Crippen LogP contribution in [-0.4, -0.2) is 0 Å². The van der Waals surface area contributed by atoms with Gasteiger partial charge in [-0.2, -0.15) is 0 Å². The molecule has 0 aliphatic carbocycles. The first kappa shape index (κ1) is 13.5. The van der Waals surface area contributed by atoms with Crippen LogP contribution in [0.5, 0.6) is 0 Å². The van der Waals surface area contributed by atoms with Crippen molar-refractivity contribution in [2.24, 2.45) is 0 Å². The van der Waals surface area contributed by atoms with Gasteiger partial charge in [0.25, 0.3) is 0 Å². The Kier molecular flexibility index (Phi) is 4.71. The quantitative estimate of drug-likeness (QED) is 0.679. The van der Waals surface area contributed by atoms with Crippen LogP contribution < -0.4 is 0 Å². The lowest BCUT2D eigenvalue weighted by molar-refractivity contribution is 1.28. The van der Waals surface area contributed by atoms with Crippen LogP contribution in [0.3, 0.4) is 0 Å². The van der Waals surface area contributed by atoms with Crippen molar-refractivity contribution in [1.29, 1.82) is 0 Å². The predicted octanol–water partition coefficient (Wildman–Crippen LogP) is 5.73. The molecule has 0 fully saturated rings. The van der Waals surface area contributed by atoms with E-state index in [0.717, 1.165) is 16.7 Å². The van der Waals surface area contributed by atoms with Crippen LogP contribution >= 0.6 is 34.8 Å². The summed E-state index contributed by atoms with van der Waals surface area (Å²) in [7, 11) is 0. The topological polar surface area (TPSA) is 0 Å². The molecular formula is C15H11Cl3. The van der Waals surface area contributed by atoms with Crippen LogP contribution in [0.1, 0.15) is 11.1 Å². The van der Waals surface area contributed by atoms with Gasteiger partial charge in [0.1, 0.15) is 4.49 Å². The average Bonchev–Trinajstić information content (AvgIpc) is 2.38. The summed E-state index contributed by atoms with van der Waals surface area (Å²) in [6, 6.07) is 17.6. The van der Waals surface area contributed by atoms with E-state index in [1.54, 1.807) is 0 Å². The molecule has 2 rings (SSSR count). The van der Waals surface area contributed by atoms with Crippen molar-refractivity contribution in [2.75, 3.05) is 0 Å². The Morgan fingerprint density at radius 2 is 1.44 bits per heavy atom. The van der Waals surface area contributed by atoms with Crippen LogP contribution in [-0.2, 0) is 6.42 Å². The van der Waals surface area contributed by atoms with Gasteiger partial charge in [-0.1, -0.05) is 83.3 Å². The van der Waals surface area contributed by atoms with Crippen molar-refractivity contribution < 1.29 is 0 Å². The highest BCUT2D eigenvalue weighted by Gasteiger charge is 2.10. The third-order valence-corrected chi connectivity index (χ3v) is 3.44. The first-order valence-electron chi connectivity index (χ1n) is 5.51. The van der Waals surface area contributed by atoms with Gasteiger partial charge in [0.2, 0.25) is 0 Å². The molecule has 2 aromatic rings. The molecule has 0 spiro atoms. The lowest BCUT2D eigenvalue weighted by atomic mass is 10.00. The molecule has 0 amide bonds. The fraction of sp³-hybridized carbons (Fsp3) is 0.0667. The summed E-state index contributed by atoms with van der Waals surface area (Å²) < 4.78 is 0.256. The molecule has 0 N–H and O–H groups in total. The Morgan fingerprint density at radius 1 is 0.833 bits per heavy atom. The Morgan fingerprint density at radius 3 is 2.06 bits per heavy atom. The maximum absolute atomic E-state index is 6.18. The summed E-state index contributed by atoms with van der Waals surface area (Å²) in [6.07, 6.45) is 0.660. The molecule has 0 saturated carbocycles. The average molecular weight is 298 g/mol. The molecule has 0 aliphatic rings. The van der Waals surface area contributed by atoms with Gasteiger partial charge in [0, 0.05) is 11.4 Å². The molecule has 3 heteroatoms. The third kappa shape index (κ3) is 3.29. The van der Waals surface area contributed by atoms with E-state index in [-0.39, 0.29) is 4.49 Å². The second-order valence-electron chi connectivity index (χ2n) is 3.88. The number of hydrogen-bond donors (Lipinski definition) is 0. The van der Waals surface area contributed by atoms with Gasteiger partial charge < -0.3 is 0 Å². The van der Waals surface area contributed by atoms with Crippen molar-refractivity contribution in [3.05, 3.63) is 75.2 Å². The number of benzene rings is 2. The monoisotopic (exact) mass is 296 g/mol. The molecule has 0 radical (unpaired) electrons. The van der Waals surface area contributed by atoms with E-state index in [1.165, 1.54) is 0 Å². The lowest BCUT2D eigenvalue weighted by Gasteiger charge is -2.10. The van der Waals surface area contributed by atoms with Gasteiger partial charge in [-0.15, -0.1) is 0 Å². The molecule has 0 saturated heterocycles. The van der Waals surface area contributed by atoms with E-state index >= 15 is 0 Å². The number of halogens is 3. The second-order valence-corrected chi connectivity index (χ2v) is 5.24.